The number of benzene rings is 2. The molecule has 0 saturated carbocycles. The van der Waals surface area contributed by atoms with Crippen molar-refractivity contribution in [2.45, 2.75) is 25.8 Å². The Balaban J connectivity index is 1.54. The monoisotopic (exact) mass is 352 g/mol. The van der Waals surface area contributed by atoms with E-state index >= 15 is 0 Å². The fourth-order valence-corrected chi connectivity index (χ4v) is 4.14. The molecule has 1 unspecified atom stereocenters. The first-order valence-corrected chi connectivity index (χ1v) is 9.10. The molecule has 1 aliphatic rings. The van der Waals surface area contributed by atoms with Crippen molar-refractivity contribution in [1.29, 1.82) is 0 Å². The summed E-state index contributed by atoms with van der Waals surface area (Å²) in [6.45, 7) is 2.07. The zero-order chi connectivity index (χ0) is 17.4. The molecule has 0 N–H and O–H groups in total. The number of hydrogen-bond acceptors (Lipinski definition) is 3. The van der Waals surface area contributed by atoms with Gasteiger partial charge in [-0.25, -0.2) is 9.37 Å². The maximum absolute atomic E-state index is 13.4. The summed E-state index contributed by atoms with van der Waals surface area (Å²) in [4.78, 5) is 19.2. The van der Waals surface area contributed by atoms with Gasteiger partial charge in [0.2, 0.25) is 5.91 Å². The second-order valence-corrected chi connectivity index (χ2v) is 7.13. The summed E-state index contributed by atoms with van der Waals surface area (Å²) in [7, 11) is 0. The summed E-state index contributed by atoms with van der Waals surface area (Å²) in [6.07, 6.45) is 1.14. The molecule has 5 heteroatoms. The molecule has 3 nitrogen and oxygen atoms in total. The molecule has 4 rings (SSSR count). The van der Waals surface area contributed by atoms with Gasteiger partial charge in [0.15, 0.2) is 0 Å². The van der Waals surface area contributed by atoms with Crippen LogP contribution in [0.25, 0.3) is 10.6 Å². The van der Waals surface area contributed by atoms with E-state index in [-0.39, 0.29) is 24.2 Å². The Labute approximate surface area is 149 Å². The highest BCUT2D eigenvalue weighted by Gasteiger charge is 2.30. The number of anilines is 1. The van der Waals surface area contributed by atoms with E-state index in [4.69, 9.17) is 0 Å². The van der Waals surface area contributed by atoms with Crippen LogP contribution in [0.2, 0.25) is 0 Å². The van der Waals surface area contributed by atoms with Crippen LogP contribution in [0.1, 0.15) is 18.2 Å². The van der Waals surface area contributed by atoms with Crippen molar-refractivity contribution in [3.63, 3.8) is 0 Å². The molecule has 0 aliphatic carbocycles. The lowest BCUT2D eigenvalue weighted by atomic mass is 10.1. The molecular formula is C20H17FN2OS. The first-order chi connectivity index (χ1) is 12.1. The van der Waals surface area contributed by atoms with Gasteiger partial charge >= 0.3 is 0 Å². The zero-order valence-corrected chi connectivity index (χ0v) is 14.6. The van der Waals surface area contributed by atoms with Crippen LogP contribution < -0.4 is 4.90 Å². The Hall–Kier alpha value is -2.53. The van der Waals surface area contributed by atoms with Gasteiger partial charge in [-0.1, -0.05) is 30.3 Å². The number of thiazole rings is 1. The van der Waals surface area contributed by atoms with Crippen molar-refractivity contribution < 1.29 is 9.18 Å². The summed E-state index contributed by atoms with van der Waals surface area (Å²) in [5.41, 5.74) is 3.68. The Kier molecular flexibility index (Phi) is 4.09. The topological polar surface area (TPSA) is 33.2 Å². The minimum Gasteiger partial charge on any atom is -0.309 e. The average molecular weight is 352 g/mol. The maximum Gasteiger partial charge on any atom is 0.233 e. The lowest BCUT2D eigenvalue weighted by Crippen LogP contribution is -2.36. The fourth-order valence-electron chi connectivity index (χ4n) is 3.33. The lowest BCUT2D eigenvalue weighted by molar-refractivity contribution is -0.118. The lowest BCUT2D eigenvalue weighted by Gasteiger charge is -2.22. The van der Waals surface area contributed by atoms with Crippen LogP contribution in [0.4, 0.5) is 10.1 Å². The highest BCUT2D eigenvalue weighted by molar-refractivity contribution is 7.13. The van der Waals surface area contributed by atoms with Crippen LogP contribution in [0.15, 0.2) is 53.9 Å². The molecule has 1 amide bonds. The second-order valence-electron chi connectivity index (χ2n) is 6.28. The number of hydrogen-bond donors (Lipinski definition) is 0. The SMILES string of the molecule is CC1Cc2ccccc2N1C(=O)Cc1csc(-c2cccc(F)c2)n1. The minimum atomic E-state index is -0.284. The van der Waals surface area contributed by atoms with Gasteiger partial charge in [0.05, 0.1) is 12.1 Å². The molecule has 0 bridgehead atoms. The van der Waals surface area contributed by atoms with Gasteiger partial charge in [-0.15, -0.1) is 11.3 Å². The number of nitrogens with zero attached hydrogens (tertiary/aromatic N) is 2. The van der Waals surface area contributed by atoms with E-state index in [0.29, 0.717) is 0 Å². The van der Waals surface area contributed by atoms with E-state index in [2.05, 4.69) is 18.0 Å². The second kappa shape index (κ2) is 6.41. The van der Waals surface area contributed by atoms with Crippen LogP contribution in [-0.4, -0.2) is 16.9 Å². The number of para-hydroxylation sites is 1. The molecule has 1 aliphatic heterocycles. The number of carbonyl (C=O) groups is 1. The first-order valence-electron chi connectivity index (χ1n) is 8.22. The van der Waals surface area contributed by atoms with E-state index < -0.39 is 0 Å². The number of amides is 1. The van der Waals surface area contributed by atoms with Crippen LogP contribution in [0.5, 0.6) is 0 Å². The third-order valence-electron chi connectivity index (χ3n) is 4.43. The van der Waals surface area contributed by atoms with Gasteiger partial charge in [-0.3, -0.25) is 4.79 Å². The number of halogens is 1. The van der Waals surface area contributed by atoms with Crippen molar-refractivity contribution in [2.24, 2.45) is 0 Å². The average Bonchev–Trinajstić information content (AvgIpc) is 3.18. The molecule has 1 aromatic heterocycles. The predicted octanol–water partition coefficient (Wildman–Crippen LogP) is 4.47. The molecule has 25 heavy (non-hydrogen) atoms. The number of fused-ring (bicyclic) bond motifs is 1. The van der Waals surface area contributed by atoms with E-state index in [1.165, 1.54) is 29.0 Å². The standard InChI is InChI=1S/C20H17FN2OS/c1-13-9-14-5-2-3-8-18(14)23(13)19(24)11-17-12-25-20(22-17)15-6-4-7-16(21)10-15/h2-8,10,12-13H,9,11H2,1H3. The van der Waals surface area contributed by atoms with Crippen molar-refractivity contribution in [2.75, 3.05) is 4.90 Å². The van der Waals surface area contributed by atoms with E-state index in [1.807, 2.05) is 34.5 Å². The molecule has 3 aromatic rings. The summed E-state index contributed by atoms with van der Waals surface area (Å²) in [5.74, 6) is -0.235. The van der Waals surface area contributed by atoms with Gasteiger partial charge in [0.1, 0.15) is 10.8 Å². The zero-order valence-electron chi connectivity index (χ0n) is 13.8. The van der Waals surface area contributed by atoms with Crippen molar-refractivity contribution >= 4 is 22.9 Å². The van der Waals surface area contributed by atoms with E-state index in [1.54, 1.807) is 6.07 Å². The first kappa shape index (κ1) is 16.0. The normalized spacial score (nSPS) is 16.1. The van der Waals surface area contributed by atoms with Crippen LogP contribution in [-0.2, 0) is 17.6 Å². The molecule has 0 fully saturated rings. The smallest absolute Gasteiger partial charge is 0.233 e. The van der Waals surface area contributed by atoms with E-state index in [9.17, 15) is 9.18 Å². The number of aromatic nitrogens is 1. The third-order valence-corrected chi connectivity index (χ3v) is 5.37. The van der Waals surface area contributed by atoms with Gasteiger partial charge in [-0.2, -0.15) is 0 Å². The van der Waals surface area contributed by atoms with Crippen molar-refractivity contribution in [3.8, 4) is 10.6 Å². The molecule has 1 atom stereocenters. The molecule has 2 heterocycles. The number of rotatable bonds is 3. The molecule has 0 spiro atoms. The Morgan fingerprint density at radius 2 is 2.12 bits per heavy atom. The molecular weight excluding hydrogens is 335 g/mol. The molecule has 126 valence electrons. The van der Waals surface area contributed by atoms with Crippen molar-refractivity contribution in [3.05, 3.63) is 71.0 Å². The largest absolute Gasteiger partial charge is 0.309 e. The van der Waals surface area contributed by atoms with Crippen LogP contribution >= 0.6 is 11.3 Å². The van der Waals surface area contributed by atoms with Crippen LogP contribution in [0.3, 0.4) is 0 Å². The Morgan fingerprint density at radius 3 is 2.96 bits per heavy atom. The van der Waals surface area contributed by atoms with Gasteiger partial charge in [0.25, 0.3) is 0 Å². The highest BCUT2D eigenvalue weighted by atomic mass is 32.1. The van der Waals surface area contributed by atoms with Crippen LogP contribution in [0, 0.1) is 5.82 Å². The summed E-state index contributed by atoms with van der Waals surface area (Å²) in [6, 6.07) is 14.6. The molecule has 0 saturated heterocycles. The Morgan fingerprint density at radius 1 is 1.28 bits per heavy atom. The molecule has 0 radical (unpaired) electrons. The van der Waals surface area contributed by atoms with Gasteiger partial charge < -0.3 is 4.90 Å². The number of carbonyl (C=O) groups excluding carboxylic acids is 1. The van der Waals surface area contributed by atoms with Gasteiger partial charge in [-0.05, 0) is 37.1 Å². The minimum absolute atomic E-state index is 0.0496. The third kappa shape index (κ3) is 3.07. The van der Waals surface area contributed by atoms with Crippen molar-refractivity contribution in [1.82, 2.24) is 4.98 Å². The maximum atomic E-state index is 13.4. The van der Waals surface area contributed by atoms with E-state index in [0.717, 1.165) is 28.4 Å². The fraction of sp³-hybridized carbons (Fsp3) is 0.200. The summed E-state index contributed by atoms with van der Waals surface area (Å²) in [5, 5.41) is 2.61. The summed E-state index contributed by atoms with van der Waals surface area (Å²) >= 11 is 1.43. The predicted molar refractivity (Wildman–Crippen MR) is 98.3 cm³/mol. The molecule has 2 aromatic carbocycles. The quantitative estimate of drug-likeness (QED) is 0.697. The highest BCUT2D eigenvalue weighted by Crippen LogP contribution is 2.32. The summed E-state index contributed by atoms with van der Waals surface area (Å²) < 4.78 is 13.4. The van der Waals surface area contributed by atoms with Gasteiger partial charge in [0, 0.05) is 22.7 Å². The Bertz CT molecular complexity index is 937.